The maximum Gasteiger partial charge on any atom is 0.221 e. The van der Waals surface area contributed by atoms with Crippen LogP contribution in [0.4, 0.5) is 5.69 Å². The van der Waals surface area contributed by atoms with Crippen molar-refractivity contribution in [1.29, 1.82) is 5.41 Å². The number of hydrogen-bond acceptors (Lipinski definition) is 4. The fraction of sp³-hybridized carbons (Fsp3) is 0.333. The lowest BCUT2D eigenvalue weighted by molar-refractivity contribution is -0.114. The van der Waals surface area contributed by atoms with Crippen LogP contribution >= 0.6 is 34.7 Å². The van der Waals surface area contributed by atoms with Gasteiger partial charge in [0.2, 0.25) is 5.91 Å². The zero-order chi connectivity index (χ0) is 17.4. The van der Waals surface area contributed by atoms with Gasteiger partial charge in [-0.3, -0.25) is 4.79 Å². The largest absolute Gasteiger partial charge is 0.326 e. The molecule has 0 radical (unpaired) electrons. The van der Waals surface area contributed by atoms with Crippen LogP contribution in [0.1, 0.15) is 23.8 Å². The normalized spacial score (nSPS) is 11.9. The van der Waals surface area contributed by atoms with Crippen molar-refractivity contribution in [2.45, 2.75) is 31.4 Å². The van der Waals surface area contributed by atoms with E-state index in [1.165, 1.54) is 17.4 Å². The first kappa shape index (κ1) is 19.0. The van der Waals surface area contributed by atoms with E-state index in [1.807, 2.05) is 42.1 Å². The first-order valence-corrected chi connectivity index (χ1v) is 10.0. The van der Waals surface area contributed by atoms with Gasteiger partial charge in [0.25, 0.3) is 0 Å². The molecule has 0 aliphatic rings. The Balaban J connectivity index is 1.72. The molecule has 0 aliphatic heterocycles. The monoisotopic (exact) mass is 380 g/mol. The number of carbonyl (C=O) groups is 1. The third-order valence-corrected chi connectivity index (χ3v) is 6.02. The summed E-state index contributed by atoms with van der Waals surface area (Å²) in [5.74, 6) is 0.921. The average molecular weight is 381 g/mol. The smallest absolute Gasteiger partial charge is 0.221 e. The summed E-state index contributed by atoms with van der Waals surface area (Å²) in [6.45, 7) is 1.51. The Bertz CT molecular complexity index is 670. The summed E-state index contributed by atoms with van der Waals surface area (Å²) in [6, 6.07) is 11.9. The zero-order valence-electron chi connectivity index (χ0n) is 13.5. The van der Waals surface area contributed by atoms with Crippen molar-refractivity contribution in [3.63, 3.8) is 0 Å². The minimum absolute atomic E-state index is 0.0563. The summed E-state index contributed by atoms with van der Waals surface area (Å²) >= 11 is 9.38. The molecule has 3 nitrogen and oxygen atoms in total. The van der Waals surface area contributed by atoms with Crippen LogP contribution < -0.4 is 5.32 Å². The maximum atomic E-state index is 11.0. The molecule has 2 N–H and O–H groups in total. The molecule has 0 saturated heterocycles. The second-order valence-electron chi connectivity index (χ2n) is 5.45. The molecule has 24 heavy (non-hydrogen) atoms. The first-order valence-electron chi connectivity index (χ1n) is 7.80. The summed E-state index contributed by atoms with van der Waals surface area (Å²) in [6.07, 6.45) is 4.43. The van der Waals surface area contributed by atoms with Crippen LogP contribution in [0, 0.1) is 5.41 Å². The van der Waals surface area contributed by atoms with Crippen LogP contribution in [0.2, 0.25) is 4.34 Å². The Morgan fingerprint density at radius 3 is 2.62 bits per heavy atom. The van der Waals surface area contributed by atoms with Crippen molar-refractivity contribution < 1.29 is 4.79 Å². The van der Waals surface area contributed by atoms with E-state index in [-0.39, 0.29) is 11.2 Å². The molecule has 6 heteroatoms. The molecular formula is C18H21ClN2OS2. The van der Waals surface area contributed by atoms with Crippen molar-refractivity contribution in [3.8, 4) is 0 Å². The van der Waals surface area contributed by atoms with Crippen molar-refractivity contribution in [1.82, 2.24) is 0 Å². The number of nitrogens with one attached hydrogen (secondary N) is 2. The van der Waals surface area contributed by atoms with E-state index >= 15 is 0 Å². The third kappa shape index (κ3) is 6.67. The molecule has 0 spiro atoms. The molecule has 1 amide bonds. The second kappa shape index (κ2) is 9.87. The van der Waals surface area contributed by atoms with Crippen LogP contribution in [0.5, 0.6) is 0 Å². The minimum atomic E-state index is -0.0563. The van der Waals surface area contributed by atoms with E-state index < -0.39 is 0 Å². The molecule has 1 heterocycles. The fourth-order valence-electron chi connectivity index (χ4n) is 2.27. The van der Waals surface area contributed by atoms with E-state index in [9.17, 15) is 4.79 Å². The van der Waals surface area contributed by atoms with Gasteiger partial charge in [-0.25, -0.2) is 0 Å². The van der Waals surface area contributed by atoms with Gasteiger partial charge in [-0.2, -0.15) is 11.8 Å². The summed E-state index contributed by atoms with van der Waals surface area (Å²) in [7, 11) is 0. The number of benzene rings is 1. The quantitative estimate of drug-likeness (QED) is 0.581. The van der Waals surface area contributed by atoms with Gasteiger partial charge in [-0.15, -0.1) is 11.3 Å². The zero-order valence-corrected chi connectivity index (χ0v) is 15.9. The van der Waals surface area contributed by atoms with Crippen molar-refractivity contribution in [2.75, 3.05) is 11.1 Å². The number of amides is 1. The van der Waals surface area contributed by atoms with Gasteiger partial charge in [0.15, 0.2) is 0 Å². The predicted molar refractivity (Wildman–Crippen MR) is 107 cm³/mol. The van der Waals surface area contributed by atoms with Crippen molar-refractivity contribution in [3.05, 3.63) is 51.2 Å². The van der Waals surface area contributed by atoms with Gasteiger partial charge in [0, 0.05) is 29.0 Å². The Morgan fingerprint density at radius 1 is 1.29 bits per heavy atom. The lowest BCUT2D eigenvalue weighted by Crippen LogP contribution is -2.07. The number of carbonyl (C=O) groups excluding carboxylic acids is 1. The molecule has 0 bridgehead atoms. The molecule has 0 aliphatic carbocycles. The average Bonchev–Trinajstić information content (AvgIpc) is 2.97. The Labute approximate surface area is 156 Å². The molecule has 128 valence electrons. The highest BCUT2D eigenvalue weighted by Gasteiger charge is 2.08. The van der Waals surface area contributed by atoms with E-state index in [0.29, 0.717) is 0 Å². The molecular weight excluding hydrogens is 360 g/mol. The van der Waals surface area contributed by atoms with E-state index in [4.69, 9.17) is 17.0 Å². The SMILES string of the molecule is CC(=O)Nc1ccc(CCSC(C=N)CCc2ccc(Cl)s2)cc1. The van der Waals surface area contributed by atoms with Crippen molar-refractivity contribution in [2.24, 2.45) is 0 Å². The number of halogens is 1. The van der Waals surface area contributed by atoms with Crippen LogP contribution in [0.25, 0.3) is 0 Å². The van der Waals surface area contributed by atoms with E-state index in [0.717, 1.165) is 35.0 Å². The van der Waals surface area contributed by atoms with Gasteiger partial charge in [0.1, 0.15) is 0 Å². The maximum absolute atomic E-state index is 11.0. The molecule has 1 aromatic heterocycles. The molecule has 2 aromatic rings. The molecule has 1 unspecified atom stereocenters. The number of rotatable bonds is 9. The molecule has 1 aromatic carbocycles. The lowest BCUT2D eigenvalue weighted by atomic mass is 10.1. The van der Waals surface area contributed by atoms with Gasteiger partial charge in [-0.1, -0.05) is 23.7 Å². The second-order valence-corrected chi connectivity index (χ2v) is 8.60. The van der Waals surface area contributed by atoms with Crippen LogP contribution in [-0.4, -0.2) is 23.1 Å². The summed E-state index contributed by atoms with van der Waals surface area (Å²) in [4.78, 5) is 12.3. The summed E-state index contributed by atoms with van der Waals surface area (Å²) in [5.41, 5.74) is 2.07. The standard InChI is InChI=1S/C18H21ClN2OS2/c1-13(22)21-15-4-2-14(3-5-15)10-11-23-17(12-20)7-6-16-8-9-18(19)24-16/h2-5,8-9,12,17,20H,6-7,10-11H2,1H3,(H,21,22). The van der Waals surface area contributed by atoms with Crippen molar-refractivity contribution >= 4 is 52.5 Å². The predicted octanol–water partition coefficient (Wildman–Crippen LogP) is 5.29. The fourth-order valence-corrected chi connectivity index (χ4v) is 4.41. The summed E-state index contributed by atoms with van der Waals surface area (Å²) in [5, 5.41) is 10.6. The number of aryl methyl sites for hydroxylation is 2. The highest BCUT2D eigenvalue weighted by atomic mass is 35.5. The number of thiophene rings is 1. The Hall–Kier alpha value is -1.30. The molecule has 0 fully saturated rings. The van der Waals surface area contributed by atoms with Crippen LogP contribution in [0.3, 0.4) is 0 Å². The third-order valence-electron chi connectivity index (χ3n) is 3.49. The highest BCUT2D eigenvalue weighted by molar-refractivity contribution is 8.00. The van der Waals surface area contributed by atoms with Gasteiger partial charge in [-0.05, 0) is 54.8 Å². The number of hydrogen-bond donors (Lipinski definition) is 2. The van der Waals surface area contributed by atoms with E-state index in [1.54, 1.807) is 17.6 Å². The Morgan fingerprint density at radius 2 is 2.04 bits per heavy atom. The first-order chi connectivity index (χ1) is 11.6. The Kier molecular flexibility index (Phi) is 7.82. The molecule has 0 saturated carbocycles. The lowest BCUT2D eigenvalue weighted by Gasteiger charge is -2.11. The molecule has 1 atom stereocenters. The van der Waals surface area contributed by atoms with Crippen LogP contribution in [0.15, 0.2) is 36.4 Å². The van der Waals surface area contributed by atoms with E-state index in [2.05, 4.69) is 11.4 Å². The molecule has 2 rings (SSSR count). The van der Waals surface area contributed by atoms with Gasteiger partial charge in [0.05, 0.1) is 4.34 Å². The van der Waals surface area contributed by atoms with Gasteiger partial charge >= 0.3 is 0 Å². The van der Waals surface area contributed by atoms with Crippen LogP contribution in [-0.2, 0) is 17.6 Å². The highest BCUT2D eigenvalue weighted by Crippen LogP contribution is 2.25. The number of thioether (sulfide) groups is 1. The minimum Gasteiger partial charge on any atom is -0.326 e. The topological polar surface area (TPSA) is 53.0 Å². The van der Waals surface area contributed by atoms with Gasteiger partial charge < -0.3 is 10.7 Å². The number of anilines is 1. The summed E-state index contributed by atoms with van der Waals surface area (Å²) < 4.78 is 0.826.